The van der Waals surface area contributed by atoms with Gasteiger partial charge < -0.3 is 19.4 Å². The molecule has 7 nitrogen and oxygen atoms in total. The number of methoxy groups -OCH3 is 1. The summed E-state index contributed by atoms with van der Waals surface area (Å²) in [6.45, 7) is 5.26. The van der Waals surface area contributed by atoms with Crippen molar-refractivity contribution in [1.29, 1.82) is 0 Å². The lowest BCUT2D eigenvalue weighted by molar-refractivity contribution is -0.134. The molecule has 2 heterocycles. The number of amides is 2. The maximum absolute atomic E-state index is 14.3. The Bertz CT molecular complexity index is 850. The van der Waals surface area contributed by atoms with E-state index in [0.29, 0.717) is 19.1 Å². The van der Waals surface area contributed by atoms with Gasteiger partial charge in [-0.15, -0.1) is 0 Å². The molecule has 170 valence electrons. The predicted octanol–water partition coefficient (Wildman–Crippen LogP) is 1.68. The fraction of sp³-hybridized carbons (Fsp3) is 0.652. The third-order valence-corrected chi connectivity index (χ3v) is 6.74. The van der Waals surface area contributed by atoms with E-state index in [-0.39, 0.29) is 29.8 Å². The quantitative estimate of drug-likeness (QED) is 0.683. The molecule has 0 N–H and O–H groups in total. The van der Waals surface area contributed by atoms with Crippen LogP contribution in [0.1, 0.15) is 37.4 Å². The molecule has 8 heteroatoms. The molecule has 4 rings (SSSR count). The smallest absolute Gasteiger partial charge is 0.254 e. The van der Waals surface area contributed by atoms with E-state index >= 15 is 0 Å². The van der Waals surface area contributed by atoms with Gasteiger partial charge in [0.05, 0.1) is 8.48 Å². The fourth-order valence-electron chi connectivity index (χ4n) is 4.59. The summed E-state index contributed by atoms with van der Waals surface area (Å²) in [4.78, 5) is 34.3. The van der Waals surface area contributed by atoms with Crippen LogP contribution in [0.25, 0.3) is 0 Å². The summed E-state index contributed by atoms with van der Waals surface area (Å²) in [5.74, 6) is -1.46. The van der Waals surface area contributed by atoms with Crippen LogP contribution < -0.4 is 4.74 Å². The SMILES string of the molecule is [2H]c1c(C(=O)N(CC(=O)N2CCN(C3CCN(C)CC3)CC2)C2CC2)ccc(OC)c1F. The molecule has 0 bridgehead atoms. The van der Waals surface area contributed by atoms with Gasteiger partial charge in [0.15, 0.2) is 11.6 Å². The van der Waals surface area contributed by atoms with Gasteiger partial charge in [-0.1, -0.05) is 0 Å². The summed E-state index contributed by atoms with van der Waals surface area (Å²) in [6, 6.07) is 2.85. The maximum atomic E-state index is 14.3. The molecule has 0 aromatic heterocycles. The van der Waals surface area contributed by atoms with Gasteiger partial charge >= 0.3 is 0 Å². The van der Waals surface area contributed by atoms with Crippen molar-refractivity contribution >= 4 is 11.8 Å². The molecule has 1 aromatic carbocycles. The van der Waals surface area contributed by atoms with Gasteiger partial charge in [0.25, 0.3) is 5.91 Å². The topological polar surface area (TPSA) is 56.3 Å². The standard InChI is InChI=1S/C23H33FN4O3/c1-25-9-7-18(8-10-25)26-11-13-27(14-12-26)22(29)16-28(19-4-5-19)23(30)17-3-6-21(31-2)20(24)15-17/h3,6,15,18-19H,4-5,7-14,16H2,1-2H3/i15D. The van der Waals surface area contributed by atoms with Crippen LogP contribution in [0.3, 0.4) is 0 Å². The zero-order valence-corrected chi connectivity index (χ0v) is 18.5. The van der Waals surface area contributed by atoms with Crippen molar-refractivity contribution in [3.8, 4) is 5.75 Å². The minimum atomic E-state index is -0.856. The van der Waals surface area contributed by atoms with Crippen LogP contribution in [0.4, 0.5) is 4.39 Å². The Hall–Kier alpha value is -2.19. The Morgan fingerprint density at radius 1 is 1.13 bits per heavy atom. The number of rotatable bonds is 6. The number of hydrogen-bond donors (Lipinski definition) is 0. The second-order valence-electron chi connectivity index (χ2n) is 8.87. The maximum Gasteiger partial charge on any atom is 0.254 e. The number of piperidine rings is 1. The van der Waals surface area contributed by atoms with Crippen molar-refractivity contribution in [3.63, 3.8) is 0 Å². The Balaban J connectivity index is 1.36. The highest BCUT2D eigenvalue weighted by atomic mass is 19.1. The zero-order valence-electron chi connectivity index (χ0n) is 19.5. The second kappa shape index (κ2) is 9.53. The molecule has 0 atom stereocenters. The third-order valence-electron chi connectivity index (χ3n) is 6.74. The molecule has 3 fully saturated rings. The predicted molar refractivity (Wildman–Crippen MR) is 116 cm³/mol. The first-order valence-electron chi connectivity index (χ1n) is 11.7. The van der Waals surface area contributed by atoms with Gasteiger partial charge in [0, 0.05) is 43.8 Å². The molecule has 0 radical (unpaired) electrons. The Morgan fingerprint density at radius 2 is 1.81 bits per heavy atom. The van der Waals surface area contributed by atoms with Gasteiger partial charge in [0.1, 0.15) is 6.54 Å². The summed E-state index contributed by atoms with van der Waals surface area (Å²) >= 11 is 0. The van der Waals surface area contributed by atoms with E-state index in [1.54, 1.807) is 0 Å². The molecule has 2 aliphatic heterocycles. The summed E-state index contributed by atoms with van der Waals surface area (Å²) in [5.41, 5.74) is -0.0323. The Kier molecular flexibility index (Phi) is 6.36. The minimum Gasteiger partial charge on any atom is -0.494 e. The number of likely N-dealkylation sites (tertiary alicyclic amines) is 1. The van der Waals surface area contributed by atoms with Crippen LogP contribution in [-0.4, -0.2) is 103 Å². The van der Waals surface area contributed by atoms with Crippen LogP contribution in [0.5, 0.6) is 5.75 Å². The number of ether oxygens (including phenoxy) is 1. The number of hydrogen-bond acceptors (Lipinski definition) is 5. The van der Waals surface area contributed by atoms with Crippen LogP contribution in [0.2, 0.25) is 0 Å². The molecular weight excluding hydrogens is 399 g/mol. The first-order chi connectivity index (χ1) is 15.4. The van der Waals surface area contributed by atoms with Crippen LogP contribution in [-0.2, 0) is 4.79 Å². The molecule has 1 aromatic rings. The number of benzene rings is 1. The van der Waals surface area contributed by atoms with Crippen LogP contribution >= 0.6 is 0 Å². The van der Waals surface area contributed by atoms with Gasteiger partial charge in [-0.3, -0.25) is 14.5 Å². The molecular formula is C23H33FN4O3. The van der Waals surface area contributed by atoms with E-state index in [1.807, 2.05) is 4.90 Å². The fourth-order valence-corrected chi connectivity index (χ4v) is 4.59. The molecule has 2 saturated heterocycles. The van der Waals surface area contributed by atoms with Gasteiger partial charge in [0.2, 0.25) is 5.91 Å². The third kappa shape index (κ3) is 5.18. The molecule has 2 amide bonds. The van der Waals surface area contributed by atoms with Crippen LogP contribution in [0.15, 0.2) is 18.2 Å². The first-order valence-corrected chi connectivity index (χ1v) is 11.2. The van der Waals surface area contributed by atoms with Gasteiger partial charge in [-0.05, 0) is 64.0 Å². The normalized spacial score (nSPS) is 21.6. The lowest BCUT2D eigenvalue weighted by Crippen LogP contribution is -2.55. The number of piperazine rings is 1. The van der Waals surface area contributed by atoms with E-state index in [1.165, 1.54) is 37.0 Å². The molecule has 0 unspecified atom stereocenters. The summed E-state index contributed by atoms with van der Waals surface area (Å²) in [5, 5.41) is 0. The average molecular weight is 434 g/mol. The minimum absolute atomic E-state index is 0.0171. The monoisotopic (exact) mass is 433 g/mol. The highest BCUT2D eigenvalue weighted by Gasteiger charge is 2.36. The molecule has 1 aliphatic carbocycles. The van der Waals surface area contributed by atoms with Crippen molar-refractivity contribution in [3.05, 3.63) is 29.6 Å². The van der Waals surface area contributed by atoms with Crippen LogP contribution in [0, 0.1) is 5.82 Å². The average Bonchev–Trinajstić information content (AvgIpc) is 3.64. The molecule has 3 aliphatic rings. The van der Waals surface area contributed by atoms with E-state index in [0.717, 1.165) is 39.0 Å². The molecule has 31 heavy (non-hydrogen) atoms. The van der Waals surface area contributed by atoms with E-state index in [9.17, 15) is 14.0 Å². The molecule has 1 saturated carbocycles. The number of nitrogens with zero attached hydrogens (tertiary/aromatic N) is 4. The van der Waals surface area contributed by atoms with Gasteiger partial charge in [-0.25, -0.2) is 4.39 Å². The zero-order chi connectivity index (χ0) is 22.8. The van der Waals surface area contributed by atoms with Crippen molar-refractivity contribution in [2.45, 2.75) is 37.8 Å². The van der Waals surface area contributed by atoms with E-state index in [4.69, 9.17) is 6.11 Å². The van der Waals surface area contributed by atoms with Crippen molar-refractivity contribution in [2.75, 3.05) is 60.0 Å². The Labute approximate surface area is 185 Å². The summed E-state index contributed by atoms with van der Waals surface area (Å²) in [7, 11) is 3.48. The van der Waals surface area contributed by atoms with Crippen molar-refractivity contribution in [2.24, 2.45) is 0 Å². The largest absolute Gasteiger partial charge is 0.494 e. The summed E-state index contributed by atoms with van der Waals surface area (Å²) < 4.78 is 27.2. The van der Waals surface area contributed by atoms with Crippen molar-refractivity contribution in [1.82, 2.24) is 19.6 Å². The number of carbonyl (C=O) groups excluding carboxylic acids is 2. The highest BCUT2D eigenvalue weighted by molar-refractivity contribution is 5.97. The van der Waals surface area contributed by atoms with E-state index < -0.39 is 17.8 Å². The molecule has 0 spiro atoms. The van der Waals surface area contributed by atoms with E-state index in [2.05, 4.69) is 16.8 Å². The summed E-state index contributed by atoms with van der Waals surface area (Å²) in [6.07, 6.45) is 3.99. The lowest BCUT2D eigenvalue weighted by Gasteiger charge is -2.42. The van der Waals surface area contributed by atoms with Crippen molar-refractivity contribution < 1.29 is 20.1 Å². The highest BCUT2D eigenvalue weighted by Crippen LogP contribution is 2.29. The van der Waals surface area contributed by atoms with Gasteiger partial charge in [-0.2, -0.15) is 0 Å². The lowest BCUT2D eigenvalue weighted by atomic mass is 10.0. The first kappa shape index (κ1) is 20.7. The number of halogens is 1. The Morgan fingerprint density at radius 3 is 2.42 bits per heavy atom. The second-order valence-corrected chi connectivity index (χ2v) is 8.87. The number of carbonyl (C=O) groups is 2.